The molecule has 0 aromatic rings. The van der Waals surface area contributed by atoms with Gasteiger partial charge in [0.25, 0.3) is 0 Å². The number of nitrogens with one attached hydrogen (secondary N) is 4. The number of carbonyl (C=O) groups is 5. The molecule has 0 spiro atoms. The second-order valence-electron chi connectivity index (χ2n) is 10.7. The van der Waals surface area contributed by atoms with Crippen molar-refractivity contribution in [2.45, 2.75) is 110 Å². The number of hydrogen-bond acceptors (Lipinski definition) is 7. The third kappa shape index (κ3) is 15.5. The Balaban J connectivity index is 5.68. The maximum Gasteiger partial charge on any atom is 0.243 e. The number of unbranched alkanes of at least 4 members (excludes halogenated alkanes) is 2. The molecule has 0 saturated carbocycles. The van der Waals surface area contributed by atoms with Crippen LogP contribution in [0.15, 0.2) is 0 Å². The molecule has 0 fully saturated rings. The number of hydrogen-bond donors (Lipinski definition) is 7. The molecule has 0 bridgehead atoms. The molecule has 0 heterocycles. The molecule has 0 aliphatic carbocycles. The van der Waals surface area contributed by atoms with Crippen LogP contribution >= 0.6 is 0 Å². The summed E-state index contributed by atoms with van der Waals surface area (Å²) in [6.45, 7) is 9.89. The monoisotopic (exact) mass is 541 g/mol. The van der Waals surface area contributed by atoms with E-state index in [1.165, 1.54) is 6.92 Å². The number of nitrogens with two attached hydrogens (primary N) is 3. The molecule has 0 rings (SSSR count). The van der Waals surface area contributed by atoms with E-state index in [9.17, 15) is 24.0 Å². The van der Waals surface area contributed by atoms with Crippen LogP contribution in [0.1, 0.15) is 86.0 Å². The molecule has 10 N–H and O–H groups in total. The van der Waals surface area contributed by atoms with Crippen molar-refractivity contribution in [2.24, 2.45) is 29.0 Å². The van der Waals surface area contributed by atoms with E-state index in [0.29, 0.717) is 64.5 Å². The zero-order valence-corrected chi connectivity index (χ0v) is 23.8. The molecule has 38 heavy (non-hydrogen) atoms. The van der Waals surface area contributed by atoms with E-state index >= 15 is 0 Å². The average Bonchev–Trinajstić information content (AvgIpc) is 2.80. The van der Waals surface area contributed by atoms with Crippen molar-refractivity contribution in [3.8, 4) is 0 Å². The fourth-order valence-corrected chi connectivity index (χ4v) is 4.01. The van der Waals surface area contributed by atoms with Crippen LogP contribution in [0, 0.1) is 11.8 Å². The highest BCUT2D eigenvalue weighted by Gasteiger charge is 2.31. The van der Waals surface area contributed by atoms with Gasteiger partial charge in [0.15, 0.2) is 0 Å². The van der Waals surface area contributed by atoms with Gasteiger partial charge >= 0.3 is 0 Å². The van der Waals surface area contributed by atoms with Crippen molar-refractivity contribution in [1.29, 1.82) is 0 Å². The molecular formula is C26H51N7O5. The van der Waals surface area contributed by atoms with Crippen molar-refractivity contribution in [2.75, 3.05) is 13.1 Å². The number of primary amides is 1. The van der Waals surface area contributed by atoms with Crippen LogP contribution in [0.4, 0.5) is 0 Å². The SMILES string of the molecule is CC(=O)N[C@@H](CC(C)C)C(=O)N[C@@H](CCCCN)C(=O)N[C@@H](CC(C)C)C(=O)N[C@@H](CCCCN)C(N)=O. The van der Waals surface area contributed by atoms with Crippen molar-refractivity contribution in [3.05, 3.63) is 0 Å². The van der Waals surface area contributed by atoms with Crippen molar-refractivity contribution in [1.82, 2.24) is 21.3 Å². The summed E-state index contributed by atoms with van der Waals surface area (Å²) >= 11 is 0. The molecule has 12 heteroatoms. The van der Waals surface area contributed by atoms with Crippen molar-refractivity contribution in [3.63, 3.8) is 0 Å². The van der Waals surface area contributed by atoms with Gasteiger partial charge in [0.1, 0.15) is 24.2 Å². The number of amides is 5. The van der Waals surface area contributed by atoms with Gasteiger partial charge in [-0.05, 0) is 76.3 Å². The van der Waals surface area contributed by atoms with E-state index in [2.05, 4.69) is 21.3 Å². The Morgan fingerprint density at radius 2 is 0.947 bits per heavy atom. The van der Waals surface area contributed by atoms with E-state index < -0.39 is 47.8 Å². The first kappa shape index (κ1) is 35.3. The first-order chi connectivity index (χ1) is 17.8. The minimum absolute atomic E-state index is 0.0517. The summed E-state index contributed by atoms with van der Waals surface area (Å²) in [5.41, 5.74) is 16.6. The molecule has 5 amide bonds. The molecule has 0 radical (unpaired) electrons. The normalized spacial score (nSPS) is 14.3. The van der Waals surface area contributed by atoms with Gasteiger partial charge in [-0.2, -0.15) is 0 Å². The smallest absolute Gasteiger partial charge is 0.243 e. The van der Waals surface area contributed by atoms with Gasteiger partial charge in [-0.15, -0.1) is 0 Å². The fourth-order valence-electron chi connectivity index (χ4n) is 4.01. The molecular weight excluding hydrogens is 490 g/mol. The van der Waals surface area contributed by atoms with E-state index in [0.717, 1.165) is 0 Å². The molecule has 0 aliphatic heterocycles. The summed E-state index contributed by atoms with van der Waals surface area (Å²) in [5, 5.41) is 10.8. The maximum absolute atomic E-state index is 13.3. The Bertz CT molecular complexity index is 760. The van der Waals surface area contributed by atoms with E-state index in [1.807, 2.05) is 27.7 Å². The Morgan fingerprint density at radius 1 is 0.579 bits per heavy atom. The summed E-state index contributed by atoms with van der Waals surface area (Å²) in [6.07, 6.45) is 3.91. The van der Waals surface area contributed by atoms with E-state index in [4.69, 9.17) is 17.2 Å². The molecule has 0 aliphatic rings. The topological polar surface area (TPSA) is 212 Å². The first-order valence-corrected chi connectivity index (χ1v) is 13.7. The fraction of sp³-hybridized carbons (Fsp3) is 0.808. The van der Waals surface area contributed by atoms with Crippen molar-refractivity contribution >= 4 is 29.5 Å². The minimum Gasteiger partial charge on any atom is -0.368 e. The Labute approximate surface area is 227 Å². The molecule has 0 unspecified atom stereocenters. The quantitative estimate of drug-likeness (QED) is 0.103. The lowest BCUT2D eigenvalue weighted by Gasteiger charge is -2.27. The van der Waals surface area contributed by atoms with Crippen LogP contribution < -0.4 is 38.5 Å². The van der Waals surface area contributed by atoms with Gasteiger partial charge in [-0.3, -0.25) is 24.0 Å². The lowest BCUT2D eigenvalue weighted by molar-refractivity contribution is -0.134. The largest absolute Gasteiger partial charge is 0.368 e. The van der Waals surface area contributed by atoms with Gasteiger partial charge in [0, 0.05) is 6.92 Å². The van der Waals surface area contributed by atoms with Crippen LogP contribution in [0.5, 0.6) is 0 Å². The van der Waals surface area contributed by atoms with Crippen LogP contribution in [0.25, 0.3) is 0 Å². The van der Waals surface area contributed by atoms with Gasteiger partial charge < -0.3 is 38.5 Å². The van der Waals surface area contributed by atoms with Gasteiger partial charge in [-0.25, -0.2) is 0 Å². The highest BCUT2D eigenvalue weighted by atomic mass is 16.2. The molecule has 0 aromatic heterocycles. The lowest BCUT2D eigenvalue weighted by atomic mass is 10.00. The van der Waals surface area contributed by atoms with E-state index in [1.54, 1.807) is 0 Å². The summed E-state index contributed by atoms with van der Waals surface area (Å²) in [4.78, 5) is 63.0. The molecule has 4 atom stereocenters. The van der Waals surface area contributed by atoms with Crippen molar-refractivity contribution < 1.29 is 24.0 Å². The standard InChI is InChI=1S/C26H51N7O5/c1-16(2)14-21(30-18(5)34)25(37)32-20(11-7-9-13-28)24(36)33-22(15-17(3)4)26(38)31-19(23(29)35)10-6-8-12-27/h16-17,19-22H,6-15,27-28H2,1-5H3,(H2,29,35)(H,30,34)(H,31,38)(H,32,37)(H,33,36)/t19-,20-,21-,22-/m0/s1. The van der Waals surface area contributed by atoms with Gasteiger partial charge in [0.05, 0.1) is 0 Å². The summed E-state index contributed by atoms with van der Waals surface area (Å²) in [6, 6.07) is -3.54. The first-order valence-electron chi connectivity index (χ1n) is 13.7. The van der Waals surface area contributed by atoms with Crippen LogP contribution in [0.3, 0.4) is 0 Å². The molecule has 220 valence electrons. The second-order valence-corrected chi connectivity index (χ2v) is 10.7. The average molecular weight is 542 g/mol. The highest BCUT2D eigenvalue weighted by molar-refractivity contribution is 5.95. The van der Waals surface area contributed by atoms with E-state index in [-0.39, 0.29) is 17.7 Å². The second kappa shape index (κ2) is 19.4. The van der Waals surface area contributed by atoms with Crippen LogP contribution in [-0.4, -0.2) is 66.8 Å². The minimum atomic E-state index is -0.936. The predicted octanol–water partition coefficient (Wildman–Crippen LogP) is -0.219. The van der Waals surface area contributed by atoms with Crippen LogP contribution in [-0.2, 0) is 24.0 Å². The zero-order chi connectivity index (χ0) is 29.3. The molecule has 0 saturated heterocycles. The summed E-state index contributed by atoms with van der Waals surface area (Å²) in [7, 11) is 0. The predicted molar refractivity (Wildman–Crippen MR) is 147 cm³/mol. The molecule has 0 aromatic carbocycles. The summed E-state index contributed by atoms with van der Waals surface area (Å²) < 4.78 is 0. The van der Waals surface area contributed by atoms with Gasteiger partial charge in [-0.1, -0.05) is 27.7 Å². The molecule has 12 nitrogen and oxygen atoms in total. The number of rotatable bonds is 20. The van der Waals surface area contributed by atoms with Gasteiger partial charge in [0.2, 0.25) is 29.5 Å². The Kier molecular flexibility index (Phi) is 18.0. The third-order valence-corrected chi connectivity index (χ3v) is 5.93. The maximum atomic E-state index is 13.3. The Morgan fingerprint density at radius 3 is 1.34 bits per heavy atom. The Hall–Kier alpha value is -2.73. The third-order valence-electron chi connectivity index (χ3n) is 5.93. The number of carbonyl (C=O) groups excluding carboxylic acids is 5. The zero-order valence-electron chi connectivity index (χ0n) is 23.8. The summed E-state index contributed by atoms with van der Waals surface area (Å²) in [5.74, 6) is -2.35. The highest BCUT2D eigenvalue weighted by Crippen LogP contribution is 2.10. The van der Waals surface area contributed by atoms with Crippen LogP contribution in [0.2, 0.25) is 0 Å². The lowest BCUT2D eigenvalue weighted by Crippen LogP contribution is -2.58.